The molecule has 112 valence electrons. The number of ether oxygens (including phenoxy) is 1. The van der Waals surface area contributed by atoms with Crippen LogP contribution in [0.4, 0.5) is 0 Å². The zero-order valence-electron chi connectivity index (χ0n) is 12.9. The van der Waals surface area contributed by atoms with E-state index in [1.807, 2.05) is 7.11 Å². The molecule has 2 aliphatic heterocycles. The van der Waals surface area contributed by atoms with Gasteiger partial charge in [-0.3, -0.25) is 4.90 Å². The highest BCUT2D eigenvalue weighted by atomic mass is 16.5. The molecule has 3 heteroatoms. The summed E-state index contributed by atoms with van der Waals surface area (Å²) in [5.74, 6) is 0.918. The second-order valence-corrected chi connectivity index (χ2v) is 6.33. The van der Waals surface area contributed by atoms with Gasteiger partial charge >= 0.3 is 0 Å². The number of likely N-dealkylation sites (N-methyl/N-ethyl adjacent to an activating group) is 1. The van der Waals surface area contributed by atoms with Crippen molar-refractivity contribution in [2.24, 2.45) is 5.92 Å². The molecule has 2 saturated heterocycles. The van der Waals surface area contributed by atoms with E-state index in [2.05, 4.69) is 16.7 Å². The van der Waals surface area contributed by atoms with Crippen LogP contribution in [0.5, 0.6) is 0 Å². The van der Waals surface area contributed by atoms with Crippen LogP contribution in [0.3, 0.4) is 0 Å². The van der Waals surface area contributed by atoms with Crippen molar-refractivity contribution in [2.75, 3.05) is 46.4 Å². The third kappa shape index (κ3) is 4.73. The molecule has 0 aliphatic carbocycles. The van der Waals surface area contributed by atoms with Gasteiger partial charge in [-0.05, 0) is 64.1 Å². The summed E-state index contributed by atoms with van der Waals surface area (Å²) in [7, 11) is 1.81. The normalized spacial score (nSPS) is 30.6. The molecule has 2 atom stereocenters. The summed E-state index contributed by atoms with van der Waals surface area (Å²) in [4.78, 5) is 5.42. The van der Waals surface area contributed by atoms with Gasteiger partial charge in [0, 0.05) is 32.8 Å². The molecule has 3 nitrogen and oxygen atoms in total. The molecule has 0 aromatic carbocycles. The summed E-state index contributed by atoms with van der Waals surface area (Å²) in [5, 5.41) is 0. The minimum Gasteiger partial charge on any atom is -0.385 e. The van der Waals surface area contributed by atoms with Gasteiger partial charge in [-0.1, -0.05) is 6.92 Å². The van der Waals surface area contributed by atoms with E-state index in [0.717, 1.165) is 18.6 Å². The minimum atomic E-state index is 0.832. The van der Waals surface area contributed by atoms with Gasteiger partial charge in [0.1, 0.15) is 0 Å². The van der Waals surface area contributed by atoms with Crippen molar-refractivity contribution in [1.82, 2.24) is 9.80 Å². The van der Waals surface area contributed by atoms with Crippen molar-refractivity contribution in [3.63, 3.8) is 0 Å². The lowest BCUT2D eigenvalue weighted by Crippen LogP contribution is -2.51. The van der Waals surface area contributed by atoms with Crippen molar-refractivity contribution in [3.8, 4) is 0 Å². The summed E-state index contributed by atoms with van der Waals surface area (Å²) in [6.07, 6.45) is 8.24. The lowest BCUT2D eigenvalue weighted by molar-refractivity contribution is 0.0607. The first-order valence-corrected chi connectivity index (χ1v) is 8.28. The number of likely N-dealkylation sites (tertiary alicyclic amines) is 2. The zero-order chi connectivity index (χ0) is 13.5. The van der Waals surface area contributed by atoms with Crippen molar-refractivity contribution in [2.45, 2.75) is 51.5 Å². The Morgan fingerprint density at radius 1 is 1.11 bits per heavy atom. The third-order valence-electron chi connectivity index (χ3n) is 4.96. The maximum absolute atomic E-state index is 5.18. The van der Waals surface area contributed by atoms with Crippen molar-refractivity contribution in [3.05, 3.63) is 0 Å². The second kappa shape index (κ2) is 8.23. The number of rotatable bonds is 6. The molecule has 0 aromatic rings. The Morgan fingerprint density at radius 2 is 1.95 bits per heavy atom. The molecule has 2 aliphatic rings. The van der Waals surface area contributed by atoms with E-state index in [9.17, 15) is 0 Å². The average molecular weight is 268 g/mol. The molecule has 0 bridgehead atoms. The van der Waals surface area contributed by atoms with E-state index >= 15 is 0 Å². The Kier molecular flexibility index (Phi) is 6.62. The van der Waals surface area contributed by atoms with Gasteiger partial charge in [-0.2, -0.15) is 0 Å². The number of nitrogens with zero attached hydrogens (tertiary/aromatic N) is 2. The van der Waals surface area contributed by atoms with Gasteiger partial charge in [-0.25, -0.2) is 0 Å². The number of piperidine rings is 2. The highest BCUT2D eigenvalue weighted by Gasteiger charge is 2.28. The van der Waals surface area contributed by atoms with E-state index in [1.54, 1.807) is 0 Å². The van der Waals surface area contributed by atoms with E-state index in [1.165, 1.54) is 71.2 Å². The van der Waals surface area contributed by atoms with Crippen LogP contribution in [0, 0.1) is 5.92 Å². The van der Waals surface area contributed by atoms with Crippen LogP contribution < -0.4 is 0 Å². The second-order valence-electron chi connectivity index (χ2n) is 6.33. The highest BCUT2D eigenvalue weighted by molar-refractivity contribution is 4.84. The van der Waals surface area contributed by atoms with Gasteiger partial charge < -0.3 is 9.64 Å². The summed E-state index contributed by atoms with van der Waals surface area (Å²) >= 11 is 0. The summed E-state index contributed by atoms with van der Waals surface area (Å²) in [6.45, 7) is 9.76. The molecule has 0 saturated carbocycles. The molecule has 0 spiro atoms. The minimum absolute atomic E-state index is 0.832. The Balaban J connectivity index is 1.76. The fraction of sp³-hybridized carbons (Fsp3) is 1.00. The lowest BCUT2D eigenvalue weighted by atomic mass is 9.91. The van der Waals surface area contributed by atoms with Gasteiger partial charge in [0.05, 0.1) is 0 Å². The first kappa shape index (κ1) is 15.3. The molecule has 2 fully saturated rings. The van der Waals surface area contributed by atoms with E-state index < -0.39 is 0 Å². The van der Waals surface area contributed by atoms with Gasteiger partial charge in [0.2, 0.25) is 0 Å². The Bertz CT molecular complexity index is 247. The van der Waals surface area contributed by atoms with Crippen LogP contribution >= 0.6 is 0 Å². The standard InChI is InChI=1S/C16H32N2O/c1-3-17-10-5-9-16(14-17)18-11-4-7-15(13-18)8-6-12-19-2/h15-16H,3-14H2,1-2H3/t15-,16+/m1/s1. The fourth-order valence-electron chi connectivity index (χ4n) is 3.80. The van der Waals surface area contributed by atoms with E-state index in [4.69, 9.17) is 4.74 Å². The molecule has 0 N–H and O–H groups in total. The van der Waals surface area contributed by atoms with Gasteiger partial charge in [0.25, 0.3) is 0 Å². The summed E-state index contributed by atoms with van der Waals surface area (Å²) < 4.78 is 5.18. The van der Waals surface area contributed by atoms with Crippen LogP contribution in [-0.4, -0.2) is 62.3 Å². The van der Waals surface area contributed by atoms with Crippen LogP contribution in [0.25, 0.3) is 0 Å². The van der Waals surface area contributed by atoms with Gasteiger partial charge in [0.15, 0.2) is 0 Å². The Labute approximate surface area is 119 Å². The molecule has 0 aromatic heterocycles. The fourth-order valence-corrected chi connectivity index (χ4v) is 3.80. The highest BCUT2D eigenvalue weighted by Crippen LogP contribution is 2.25. The molecule has 2 heterocycles. The average Bonchev–Trinajstić information content (AvgIpc) is 2.48. The molecule has 19 heavy (non-hydrogen) atoms. The quantitative estimate of drug-likeness (QED) is 0.689. The zero-order valence-corrected chi connectivity index (χ0v) is 12.9. The molecule has 2 rings (SSSR count). The molecule has 0 unspecified atom stereocenters. The summed E-state index contributed by atoms with van der Waals surface area (Å²) in [6, 6.07) is 0.832. The first-order valence-electron chi connectivity index (χ1n) is 8.28. The molecule has 0 radical (unpaired) electrons. The molecular weight excluding hydrogens is 236 g/mol. The van der Waals surface area contributed by atoms with Crippen LogP contribution in [0.2, 0.25) is 0 Å². The smallest absolute Gasteiger partial charge is 0.0462 e. The largest absolute Gasteiger partial charge is 0.385 e. The summed E-state index contributed by atoms with van der Waals surface area (Å²) in [5.41, 5.74) is 0. The van der Waals surface area contributed by atoms with E-state index in [-0.39, 0.29) is 0 Å². The predicted octanol–water partition coefficient (Wildman–Crippen LogP) is 2.61. The third-order valence-corrected chi connectivity index (χ3v) is 4.96. The molecular formula is C16H32N2O. The predicted molar refractivity (Wildman–Crippen MR) is 80.5 cm³/mol. The van der Waals surface area contributed by atoms with Crippen LogP contribution in [-0.2, 0) is 4.74 Å². The number of hydrogen-bond donors (Lipinski definition) is 0. The monoisotopic (exact) mass is 268 g/mol. The number of hydrogen-bond acceptors (Lipinski definition) is 3. The maximum Gasteiger partial charge on any atom is 0.0462 e. The Hall–Kier alpha value is -0.120. The van der Waals surface area contributed by atoms with Crippen molar-refractivity contribution in [1.29, 1.82) is 0 Å². The Morgan fingerprint density at radius 3 is 2.74 bits per heavy atom. The molecule has 0 amide bonds. The maximum atomic E-state index is 5.18. The van der Waals surface area contributed by atoms with Gasteiger partial charge in [-0.15, -0.1) is 0 Å². The number of methoxy groups -OCH3 is 1. The van der Waals surface area contributed by atoms with Crippen LogP contribution in [0.15, 0.2) is 0 Å². The lowest BCUT2D eigenvalue weighted by Gasteiger charge is -2.43. The SMILES string of the molecule is CCN1CCC[C@H](N2CCC[C@H](CCCOC)C2)C1. The van der Waals surface area contributed by atoms with E-state index in [0.29, 0.717) is 0 Å². The topological polar surface area (TPSA) is 15.7 Å². The first-order chi connectivity index (χ1) is 9.33. The van der Waals surface area contributed by atoms with Crippen molar-refractivity contribution < 1.29 is 4.74 Å². The van der Waals surface area contributed by atoms with Crippen LogP contribution in [0.1, 0.15) is 45.4 Å². The van der Waals surface area contributed by atoms with Crippen molar-refractivity contribution >= 4 is 0 Å².